The second kappa shape index (κ2) is 6.03. The van der Waals surface area contributed by atoms with E-state index in [1.165, 1.54) is 6.07 Å². The molecule has 0 unspecified atom stereocenters. The van der Waals surface area contributed by atoms with Gasteiger partial charge in [0.1, 0.15) is 0 Å². The van der Waals surface area contributed by atoms with Crippen molar-refractivity contribution in [3.05, 3.63) is 97.5 Å². The molecule has 1 aliphatic carbocycles. The number of hydrogen-bond acceptors (Lipinski definition) is 2. The first-order valence-electron chi connectivity index (χ1n) is 7.59. The summed E-state index contributed by atoms with van der Waals surface area (Å²) in [6.45, 7) is 0. The molecule has 0 atom stereocenters. The van der Waals surface area contributed by atoms with Crippen LogP contribution in [-0.2, 0) is 0 Å². The van der Waals surface area contributed by atoms with E-state index < -0.39 is 4.92 Å². The van der Waals surface area contributed by atoms with E-state index in [4.69, 9.17) is 23.2 Å². The van der Waals surface area contributed by atoms with Gasteiger partial charge < -0.3 is 0 Å². The molecule has 122 valence electrons. The van der Waals surface area contributed by atoms with Gasteiger partial charge in [-0.3, -0.25) is 10.1 Å². The number of rotatable bonds is 2. The maximum Gasteiger partial charge on any atom is 0.270 e. The van der Waals surface area contributed by atoms with E-state index in [0.29, 0.717) is 10.0 Å². The van der Waals surface area contributed by atoms with Gasteiger partial charge in [0.05, 0.1) is 4.92 Å². The standard InChI is InChI=1S/C20H11Cl2NO2/c21-13-4-6-16-17-7-5-14(22)11-20(17)18(19(16)10-13)9-12-2-1-3-15(8-12)23(24)25/h1-11H. The maximum absolute atomic E-state index is 11.0. The number of nitrogens with zero attached hydrogens (tertiary/aromatic N) is 1. The molecule has 0 aliphatic heterocycles. The molecule has 0 N–H and O–H groups in total. The SMILES string of the molecule is O=[N+]([O-])c1cccc(C=C2c3cc(Cl)ccc3-c3ccc(Cl)cc32)c1. The van der Waals surface area contributed by atoms with Crippen LogP contribution in [0, 0.1) is 10.1 Å². The molecular weight excluding hydrogens is 357 g/mol. The van der Waals surface area contributed by atoms with Crippen LogP contribution in [0.5, 0.6) is 0 Å². The summed E-state index contributed by atoms with van der Waals surface area (Å²) in [5.74, 6) is 0. The van der Waals surface area contributed by atoms with Crippen LogP contribution in [0.1, 0.15) is 16.7 Å². The fourth-order valence-corrected chi connectivity index (χ4v) is 3.49. The summed E-state index contributed by atoms with van der Waals surface area (Å²) in [6.07, 6.45) is 1.93. The first-order chi connectivity index (χ1) is 12.0. The van der Waals surface area contributed by atoms with Crippen LogP contribution in [0.15, 0.2) is 60.7 Å². The van der Waals surface area contributed by atoms with Gasteiger partial charge in [0.25, 0.3) is 5.69 Å². The lowest BCUT2D eigenvalue weighted by atomic mass is 10.0. The summed E-state index contributed by atoms with van der Waals surface area (Å²) in [7, 11) is 0. The average Bonchev–Trinajstić information content (AvgIpc) is 2.88. The summed E-state index contributed by atoms with van der Waals surface area (Å²) >= 11 is 12.4. The lowest BCUT2D eigenvalue weighted by Gasteiger charge is -2.04. The lowest BCUT2D eigenvalue weighted by molar-refractivity contribution is -0.384. The van der Waals surface area contributed by atoms with Crippen LogP contribution in [0.4, 0.5) is 5.69 Å². The monoisotopic (exact) mass is 367 g/mol. The highest BCUT2D eigenvalue weighted by Crippen LogP contribution is 2.46. The zero-order chi connectivity index (χ0) is 17.6. The Labute approximate surface area is 154 Å². The Morgan fingerprint density at radius 2 is 1.40 bits per heavy atom. The fraction of sp³-hybridized carbons (Fsp3) is 0. The van der Waals surface area contributed by atoms with E-state index in [1.807, 2.05) is 48.5 Å². The highest BCUT2D eigenvalue weighted by atomic mass is 35.5. The summed E-state index contributed by atoms with van der Waals surface area (Å²) in [4.78, 5) is 10.6. The van der Waals surface area contributed by atoms with Gasteiger partial charge in [-0.2, -0.15) is 0 Å². The van der Waals surface area contributed by atoms with Crippen molar-refractivity contribution in [3.8, 4) is 11.1 Å². The Balaban J connectivity index is 1.95. The molecule has 3 aromatic carbocycles. The molecule has 0 saturated heterocycles. The third-order valence-electron chi connectivity index (χ3n) is 4.23. The van der Waals surface area contributed by atoms with E-state index in [2.05, 4.69) is 0 Å². The highest BCUT2D eigenvalue weighted by molar-refractivity contribution is 6.32. The van der Waals surface area contributed by atoms with Crippen molar-refractivity contribution in [3.63, 3.8) is 0 Å². The van der Waals surface area contributed by atoms with E-state index in [9.17, 15) is 10.1 Å². The van der Waals surface area contributed by atoms with Gasteiger partial charge in [0.15, 0.2) is 0 Å². The molecular formula is C20H11Cl2NO2. The molecule has 0 spiro atoms. The van der Waals surface area contributed by atoms with E-state index in [0.717, 1.165) is 33.4 Å². The van der Waals surface area contributed by atoms with Gasteiger partial charge in [-0.05, 0) is 63.7 Å². The zero-order valence-electron chi connectivity index (χ0n) is 12.9. The summed E-state index contributed by atoms with van der Waals surface area (Å²) in [6, 6.07) is 18.1. The van der Waals surface area contributed by atoms with Crippen molar-refractivity contribution >= 4 is 40.5 Å². The van der Waals surface area contributed by atoms with Crippen molar-refractivity contribution in [2.75, 3.05) is 0 Å². The molecule has 4 rings (SSSR count). The van der Waals surface area contributed by atoms with Crippen LogP contribution in [0.25, 0.3) is 22.8 Å². The number of halogens is 2. The summed E-state index contributed by atoms with van der Waals surface area (Å²) < 4.78 is 0. The van der Waals surface area contributed by atoms with Crippen molar-refractivity contribution in [1.82, 2.24) is 0 Å². The van der Waals surface area contributed by atoms with Crippen molar-refractivity contribution < 1.29 is 4.92 Å². The molecule has 0 bridgehead atoms. The molecule has 0 amide bonds. The van der Waals surface area contributed by atoms with Gasteiger partial charge in [-0.15, -0.1) is 0 Å². The number of nitro groups is 1. The van der Waals surface area contributed by atoms with Gasteiger partial charge in [0.2, 0.25) is 0 Å². The third-order valence-corrected chi connectivity index (χ3v) is 4.70. The quantitative estimate of drug-likeness (QED) is 0.301. The number of hydrogen-bond donors (Lipinski definition) is 0. The van der Waals surface area contributed by atoms with E-state index in [-0.39, 0.29) is 5.69 Å². The molecule has 3 nitrogen and oxygen atoms in total. The maximum atomic E-state index is 11.0. The minimum absolute atomic E-state index is 0.0602. The van der Waals surface area contributed by atoms with E-state index >= 15 is 0 Å². The first-order valence-corrected chi connectivity index (χ1v) is 8.35. The van der Waals surface area contributed by atoms with Crippen molar-refractivity contribution in [1.29, 1.82) is 0 Å². The van der Waals surface area contributed by atoms with Gasteiger partial charge in [-0.25, -0.2) is 0 Å². The largest absolute Gasteiger partial charge is 0.270 e. The molecule has 0 saturated carbocycles. The van der Waals surface area contributed by atoms with Crippen LogP contribution in [0.3, 0.4) is 0 Å². The van der Waals surface area contributed by atoms with Crippen molar-refractivity contribution in [2.24, 2.45) is 0 Å². The third kappa shape index (κ3) is 2.82. The predicted molar refractivity (Wildman–Crippen MR) is 102 cm³/mol. The first kappa shape index (κ1) is 15.9. The second-order valence-electron chi connectivity index (χ2n) is 5.79. The molecule has 5 heteroatoms. The van der Waals surface area contributed by atoms with Crippen LogP contribution in [0.2, 0.25) is 10.0 Å². The Kier molecular flexibility index (Phi) is 3.83. The Hall–Kier alpha value is -2.62. The van der Waals surface area contributed by atoms with Crippen LogP contribution < -0.4 is 0 Å². The molecule has 0 heterocycles. The number of non-ortho nitro benzene ring substituents is 1. The Morgan fingerprint density at radius 3 is 1.96 bits per heavy atom. The zero-order valence-corrected chi connectivity index (χ0v) is 14.4. The molecule has 0 aromatic heterocycles. The van der Waals surface area contributed by atoms with Crippen LogP contribution in [-0.4, -0.2) is 4.92 Å². The smallest absolute Gasteiger partial charge is 0.258 e. The van der Waals surface area contributed by atoms with E-state index in [1.54, 1.807) is 12.1 Å². The van der Waals surface area contributed by atoms with Gasteiger partial charge in [-0.1, -0.05) is 47.5 Å². The summed E-state index contributed by atoms with van der Waals surface area (Å²) in [5, 5.41) is 12.3. The molecule has 3 aromatic rings. The van der Waals surface area contributed by atoms with Gasteiger partial charge in [0, 0.05) is 22.2 Å². The molecule has 0 fully saturated rings. The van der Waals surface area contributed by atoms with Crippen molar-refractivity contribution in [2.45, 2.75) is 0 Å². The molecule has 25 heavy (non-hydrogen) atoms. The fourth-order valence-electron chi connectivity index (χ4n) is 3.14. The molecule has 1 aliphatic rings. The summed E-state index contributed by atoms with van der Waals surface area (Å²) in [5.41, 5.74) is 5.91. The highest BCUT2D eigenvalue weighted by Gasteiger charge is 2.24. The normalized spacial score (nSPS) is 11.8. The minimum atomic E-state index is -0.397. The minimum Gasteiger partial charge on any atom is -0.258 e. The molecule has 0 radical (unpaired) electrons. The topological polar surface area (TPSA) is 43.1 Å². The Bertz CT molecular complexity index is 1000. The predicted octanol–water partition coefficient (Wildman–Crippen LogP) is 6.47. The Morgan fingerprint density at radius 1 is 0.800 bits per heavy atom. The van der Waals surface area contributed by atoms with Crippen LogP contribution >= 0.6 is 23.2 Å². The average molecular weight is 368 g/mol. The van der Waals surface area contributed by atoms with Gasteiger partial charge >= 0.3 is 0 Å². The second-order valence-corrected chi connectivity index (χ2v) is 6.66. The lowest BCUT2D eigenvalue weighted by Crippen LogP contribution is -1.88. The number of benzene rings is 3. The number of nitro benzene ring substituents is 1. The number of fused-ring (bicyclic) bond motifs is 3.